The molecule has 32 heavy (non-hydrogen) atoms. The van der Waals surface area contributed by atoms with Gasteiger partial charge in [-0.05, 0) is 56.7 Å². The maximum Gasteiger partial charge on any atom is 0.263 e. The van der Waals surface area contributed by atoms with E-state index in [2.05, 4.69) is 26.2 Å². The number of sulfonamides is 1. The third-order valence-electron chi connectivity index (χ3n) is 4.31. The molecule has 3 aromatic rings. The van der Waals surface area contributed by atoms with Crippen LogP contribution in [-0.2, 0) is 14.8 Å². The van der Waals surface area contributed by atoms with Crippen LogP contribution in [0.2, 0.25) is 0 Å². The van der Waals surface area contributed by atoms with E-state index < -0.39 is 10.0 Å². The van der Waals surface area contributed by atoms with Crippen molar-refractivity contribution >= 4 is 39.2 Å². The standard InChI is InChI=1S/C21H21N5O4S2/c1-13-10-14(2)23-21(18(13)12-22)31-9-8-20(27)24-16-4-6-17(7-5-16)32(28,29)26-19-11-15(3)30-25-19/h4-7,10-11H,8-9H2,1-3H3,(H,24,27)(H,25,26). The second-order valence-electron chi connectivity index (χ2n) is 6.97. The van der Waals surface area contributed by atoms with E-state index in [4.69, 9.17) is 4.52 Å². The fraction of sp³-hybridized carbons (Fsp3) is 0.238. The third-order valence-corrected chi connectivity index (χ3v) is 6.65. The molecule has 0 saturated heterocycles. The molecule has 0 aliphatic carbocycles. The fourth-order valence-electron chi connectivity index (χ4n) is 2.84. The van der Waals surface area contributed by atoms with Gasteiger partial charge in [0.25, 0.3) is 10.0 Å². The number of amides is 1. The molecule has 2 heterocycles. The van der Waals surface area contributed by atoms with Gasteiger partial charge in [0.2, 0.25) is 5.91 Å². The lowest BCUT2D eigenvalue weighted by atomic mass is 10.1. The summed E-state index contributed by atoms with van der Waals surface area (Å²) in [6.07, 6.45) is 0.206. The molecular formula is C21H21N5O4S2. The largest absolute Gasteiger partial charge is 0.360 e. The molecule has 1 amide bonds. The molecule has 2 N–H and O–H groups in total. The summed E-state index contributed by atoms with van der Waals surface area (Å²) in [7, 11) is -3.83. The van der Waals surface area contributed by atoms with Crippen LogP contribution in [0.15, 0.2) is 50.8 Å². The molecular weight excluding hydrogens is 450 g/mol. The Hall–Kier alpha value is -3.36. The average molecular weight is 472 g/mol. The lowest BCUT2D eigenvalue weighted by molar-refractivity contribution is -0.115. The van der Waals surface area contributed by atoms with Gasteiger partial charge in [0.1, 0.15) is 16.9 Å². The van der Waals surface area contributed by atoms with Gasteiger partial charge in [0, 0.05) is 29.6 Å². The van der Waals surface area contributed by atoms with Crippen molar-refractivity contribution in [3.8, 4) is 6.07 Å². The van der Waals surface area contributed by atoms with E-state index in [0.29, 0.717) is 27.8 Å². The van der Waals surface area contributed by atoms with E-state index in [1.54, 1.807) is 6.92 Å². The highest BCUT2D eigenvalue weighted by Gasteiger charge is 2.16. The lowest BCUT2D eigenvalue weighted by Gasteiger charge is -2.09. The van der Waals surface area contributed by atoms with E-state index in [1.165, 1.54) is 42.1 Å². The van der Waals surface area contributed by atoms with Gasteiger partial charge in [-0.2, -0.15) is 5.26 Å². The van der Waals surface area contributed by atoms with Crippen LogP contribution in [0, 0.1) is 32.1 Å². The zero-order chi connectivity index (χ0) is 23.3. The van der Waals surface area contributed by atoms with E-state index in [0.717, 1.165) is 11.3 Å². The molecule has 0 saturated carbocycles. The van der Waals surface area contributed by atoms with E-state index in [-0.39, 0.29) is 23.0 Å². The van der Waals surface area contributed by atoms with Crippen molar-refractivity contribution < 1.29 is 17.7 Å². The smallest absolute Gasteiger partial charge is 0.263 e. The van der Waals surface area contributed by atoms with Gasteiger partial charge in [-0.3, -0.25) is 9.52 Å². The number of nitriles is 1. The number of hydrogen-bond donors (Lipinski definition) is 2. The lowest BCUT2D eigenvalue weighted by Crippen LogP contribution is -2.14. The van der Waals surface area contributed by atoms with Crippen LogP contribution in [0.4, 0.5) is 11.5 Å². The summed E-state index contributed by atoms with van der Waals surface area (Å²) in [6, 6.07) is 11.3. The first kappa shape index (κ1) is 23.3. The second-order valence-corrected chi connectivity index (χ2v) is 9.74. The van der Waals surface area contributed by atoms with E-state index >= 15 is 0 Å². The first-order chi connectivity index (χ1) is 15.2. The van der Waals surface area contributed by atoms with Crippen molar-refractivity contribution in [2.75, 3.05) is 15.8 Å². The monoisotopic (exact) mass is 471 g/mol. The minimum Gasteiger partial charge on any atom is -0.360 e. The summed E-state index contributed by atoms with van der Waals surface area (Å²) in [5, 5.41) is 16.3. The first-order valence-corrected chi connectivity index (χ1v) is 12.0. The van der Waals surface area contributed by atoms with Crippen molar-refractivity contribution in [1.82, 2.24) is 10.1 Å². The molecule has 0 aliphatic rings. The quantitative estimate of drug-likeness (QED) is 0.473. The van der Waals surface area contributed by atoms with Gasteiger partial charge in [-0.15, -0.1) is 11.8 Å². The Morgan fingerprint density at radius 2 is 1.91 bits per heavy atom. The Morgan fingerprint density at radius 3 is 2.53 bits per heavy atom. The van der Waals surface area contributed by atoms with Gasteiger partial charge >= 0.3 is 0 Å². The number of thioether (sulfide) groups is 1. The molecule has 0 radical (unpaired) electrons. The van der Waals surface area contributed by atoms with Crippen LogP contribution < -0.4 is 10.0 Å². The molecule has 11 heteroatoms. The van der Waals surface area contributed by atoms with Crippen molar-refractivity contribution in [2.24, 2.45) is 0 Å². The maximum absolute atomic E-state index is 12.4. The summed E-state index contributed by atoms with van der Waals surface area (Å²) in [5.74, 6) is 0.794. The molecule has 0 atom stereocenters. The maximum atomic E-state index is 12.4. The van der Waals surface area contributed by atoms with Gasteiger partial charge in [-0.1, -0.05) is 5.16 Å². The number of carbonyl (C=O) groups excluding carboxylic acids is 1. The minimum atomic E-state index is -3.83. The highest BCUT2D eigenvalue weighted by Crippen LogP contribution is 2.24. The van der Waals surface area contributed by atoms with Crippen molar-refractivity contribution in [1.29, 1.82) is 5.26 Å². The van der Waals surface area contributed by atoms with Crippen LogP contribution in [0.1, 0.15) is 29.0 Å². The molecule has 0 aliphatic heterocycles. The fourth-order valence-corrected chi connectivity index (χ4v) is 4.86. The molecule has 0 spiro atoms. The van der Waals surface area contributed by atoms with E-state index in [9.17, 15) is 18.5 Å². The highest BCUT2D eigenvalue weighted by molar-refractivity contribution is 7.99. The predicted molar refractivity (Wildman–Crippen MR) is 121 cm³/mol. The highest BCUT2D eigenvalue weighted by atomic mass is 32.2. The van der Waals surface area contributed by atoms with Crippen molar-refractivity contribution in [3.05, 3.63) is 59.0 Å². The molecule has 0 fully saturated rings. The normalized spacial score (nSPS) is 11.1. The Kier molecular flexibility index (Phi) is 7.17. The summed E-state index contributed by atoms with van der Waals surface area (Å²) in [4.78, 5) is 16.7. The number of pyridine rings is 1. The third kappa shape index (κ3) is 5.87. The Labute approximate surface area is 190 Å². The molecule has 0 bridgehead atoms. The van der Waals surface area contributed by atoms with Crippen LogP contribution in [-0.4, -0.2) is 30.2 Å². The molecule has 3 rings (SSSR count). The van der Waals surface area contributed by atoms with Crippen molar-refractivity contribution in [3.63, 3.8) is 0 Å². The van der Waals surface area contributed by atoms with Gasteiger partial charge in [0.15, 0.2) is 5.82 Å². The summed E-state index contributed by atoms with van der Waals surface area (Å²) < 4.78 is 32.0. The summed E-state index contributed by atoms with van der Waals surface area (Å²) in [6.45, 7) is 5.37. The zero-order valence-electron chi connectivity index (χ0n) is 17.7. The molecule has 0 unspecified atom stereocenters. The predicted octanol–water partition coefficient (Wildman–Crippen LogP) is 3.79. The van der Waals surface area contributed by atoms with Gasteiger partial charge in [-0.25, -0.2) is 13.4 Å². The Bertz CT molecular complexity index is 1280. The number of benzene rings is 1. The van der Waals surface area contributed by atoms with Crippen LogP contribution in [0.25, 0.3) is 0 Å². The van der Waals surface area contributed by atoms with Crippen molar-refractivity contribution in [2.45, 2.75) is 37.1 Å². The average Bonchev–Trinajstić information content (AvgIpc) is 3.12. The Morgan fingerprint density at radius 1 is 1.19 bits per heavy atom. The number of anilines is 2. The minimum absolute atomic E-state index is 0.0247. The molecule has 2 aromatic heterocycles. The number of aromatic nitrogens is 2. The number of aryl methyl sites for hydroxylation is 3. The number of nitrogens with one attached hydrogen (secondary N) is 2. The number of rotatable bonds is 8. The number of carbonyl (C=O) groups is 1. The number of hydrogen-bond acceptors (Lipinski definition) is 8. The first-order valence-electron chi connectivity index (χ1n) is 9.55. The van der Waals surface area contributed by atoms with Crippen LogP contribution in [0.5, 0.6) is 0 Å². The number of nitrogens with zero attached hydrogens (tertiary/aromatic N) is 3. The van der Waals surface area contributed by atoms with Gasteiger partial charge in [0.05, 0.1) is 10.5 Å². The molecule has 9 nitrogen and oxygen atoms in total. The van der Waals surface area contributed by atoms with Crippen LogP contribution in [0.3, 0.4) is 0 Å². The topological polar surface area (TPSA) is 138 Å². The summed E-state index contributed by atoms with van der Waals surface area (Å²) in [5.41, 5.74) is 2.66. The Balaban J connectivity index is 1.55. The van der Waals surface area contributed by atoms with E-state index in [1.807, 2.05) is 19.9 Å². The zero-order valence-corrected chi connectivity index (χ0v) is 19.3. The van der Waals surface area contributed by atoms with Crippen LogP contribution >= 0.6 is 11.8 Å². The SMILES string of the molecule is Cc1cc(C)c(C#N)c(SCCC(=O)Nc2ccc(S(=O)(=O)Nc3cc(C)on3)cc2)n1. The van der Waals surface area contributed by atoms with Gasteiger partial charge < -0.3 is 9.84 Å². The molecule has 1 aromatic carbocycles. The summed E-state index contributed by atoms with van der Waals surface area (Å²) >= 11 is 1.35. The second kappa shape index (κ2) is 9.84. The molecule has 166 valence electrons.